The first-order valence-corrected chi connectivity index (χ1v) is 9.26. The molecule has 0 unspecified atom stereocenters. The van der Waals surface area contributed by atoms with Crippen molar-refractivity contribution in [3.05, 3.63) is 58.1 Å². The van der Waals surface area contributed by atoms with E-state index in [-0.39, 0.29) is 28.6 Å². The molecule has 29 heavy (non-hydrogen) atoms. The predicted octanol–water partition coefficient (Wildman–Crippen LogP) is 3.36. The number of primary amides is 1. The molecule has 2 rings (SSSR count). The number of methoxy groups -OCH3 is 1. The molecule has 0 aliphatic carbocycles. The van der Waals surface area contributed by atoms with Gasteiger partial charge in [0, 0.05) is 17.6 Å². The highest BCUT2D eigenvalue weighted by molar-refractivity contribution is 6.34. The second-order valence-electron chi connectivity index (χ2n) is 7.48. The van der Waals surface area contributed by atoms with Crippen molar-refractivity contribution < 1.29 is 19.1 Å². The van der Waals surface area contributed by atoms with Crippen LogP contribution in [0.3, 0.4) is 0 Å². The molecule has 0 saturated heterocycles. The van der Waals surface area contributed by atoms with Gasteiger partial charge in [0.05, 0.1) is 23.3 Å². The summed E-state index contributed by atoms with van der Waals surface area (Å²) in [5.41, 5.74) is 6.31. The molecule has 0 radical (unpaired) electrons. The summed E-state index contributed by atoms with van der Waals surface area (Å²) in [6.07, 6.45) is 0. The third-order valence-electron chi connectivity index (χ3n) is 4.13. The van der Waals surface area contributed by atoms with Gasteiger partial charge < -0.3 is 21.1 Å². The number of carbonyl (C=O) groups excluding carboxylic acids is 3. The van der Waals surface area contributed by atoms with Crippen molar-refractivity contribution in [3.63, 3.8) is 0 Å². The molecule has 7 nitrogen and oxygen atoms in total. The van der Waals surface area contributed by atoms with Crippen LogP contribution in [-0.4, -0.2) is 24.8 Å². The molecule has 3 amide bonds. The van der Waals surface area contributed by atoms with Crippen LogP contribution in [0, 0.1) is 5.41 Å². The van der Waals surface area contributed by atoms with E-state index in [1.165, 1.54) is 19.2 Å². The van der Waals surface area contributed by atoms with E-state index in [1.54, 1.807) is 24.3 Å². The molecule has 0 saturated carbocycles. The molecule has 154 valence electrons. The normalized spacial score (nSPS) is 10.9. The van der Waals surface area contributed by atoms with Crippen molar-refractivity contribution in [3.8, 4) is 5.75 Å². The third kappa shape index (κ3) is 5.71. The first-order valence-electron chi connectivity index (χ1n) is 8.89. The number of hydrogen-bond acceptors (Lipinski definition) is 4. The maximum atomic E-state index is 12.7. The van der Waals surface area contributed by atoms with Crippen LogP contribution in [0.25, 0.3) is 0 Å². The average Bonchev–Trinajstić information content (AvgIpc) is 2.66. The van der Waals surface area contributed by atoms with Gasteiger partial charge in [0.15, 0.2) is 0 Å². The Morgan fingerprint density at radius 3 is 2.34 bits per heavy atom. The number of carbonyl (C=O) groups is 3. The lowest BCUT2D eigenvalue weighted by Crippen LogP contribution is -2.34. The van der Waals surface area contributed by atoms with E-state index in [4.69, 9.17) is 22.1 Å². The minimum atomic E-state index is -0.674. The van der Waals surface area contributed by atoms with Crippen molar-refractivity contribution >= 4 is 35.0 Å². The first kappa shape index (κ1) is 22.2. The molecule has 0 aromatic heterocycles. The summed E-state index contributed by atoms with van der Waals surface area (Å²) in [6.45, 7) is 5.72. The Bertz CT molecular complexity index is 951. The Morgan fingerprint density at radius 1 is 1.07 bits per heavy atom. The molecule has 0 spiro atoms. The van der Waals surface area contributed by atoms with E-state index < -0.39 is 17.2 Å². The Hall–Kier alpha value is -3.06. The molecule has 0 aliphatic heterocycles. The number of ether oxygens (including phenoxy) is 1. The number of nitrogens with one attached hydrogen (secondary N) is 2. The van der Waals surface area contributed by atoms with Crippen molar-refractivity contribution in [1.29, 1.82) is 0 Å². The topological polar surface area (TPSA) is 111 Å². The number of benzene rings is 2. The lowest BCUT2D eigenvalue weighted by molar-refractivity contribution is -0.128. The van der Waals surface area contributed by atoms with Crippen molar-refractivity contribution in [2.75, 3.05) is 12.4 Å². The molecule has 0 fully saturated rings. The average molecular weight is 418 g/mol. The molecule has 0 heterocycles. The summed E-state index contributed by atoms with van der Waals surface area (Å²) in [5, 5.41) is 5.78. The summed E-state index contributed by atoms with van der Waals surface area (Å²) in [5.74, 6) is -0.923. The number of amides is 3. The SMILES string of the molecule is COc1ccc(NC(=O)c2cc(CNC(=O)C(C)(C)C)ccc2Cl)cc1C(N)=O. The van der Waals surface area contributed by atoms with E-state index >= 15 is 0 Å². The Morgan fingerprint density at radius 2 is 1.76 bits per heavy atom. The van der Waals surface area contributed by atoms with Crippen LogP contribution in [-0.2, 0) is 11.3 Å². The molecule has 0 bridgehead atoms. The molecular weight excluding hydrogens is 394 g/mol. The van der Waals surface area contributed by atoms with E-state index in [2.05, 4.69) is 10.6 Å². The highest BCUT2D eigenvalue weighted by Gasteiger charge is 2.21. The molecular formula is C21H24ClN3O4. The zero-order chi connectivity index (χ0) is 21.8. The van der Waals surface area contributed by atoms with Crippen LogP contribution >= 0.6 is 11.6 Å². The fourth-order valence-electron chi connectivity index (χ4n) is 2.48. The minimum Gasteiger partial charge on any atom is -0.496 e. The number of halogens is 1. The van der Waals surface area contributed by atoms with Gasteiger partial charge in [0.2, 0.25) is 5.91 Å². The van der Waals surface area contributed by atoms with Crippen molar-refractivity contribution in [1.82, 2.24) is 5.32 Å². The minimum absolute atomic E-state index is 0.101. The second kappa shape index (κ2) is 8.96. The Kier molecular flexibility index (Phi) is 6.87. The number of nitrogens with two attached hydrogens (primary N) is 1. The van der Waals surface area contributed by atoms with Gasteiger partial charge in [-0.15, -0.1) is 0 Å². The molecule has 0 atom stereocenters. The van der Waals surface area contributed by atoms with Crippen LogP contribution in [0.2, 0.25) is 5.02 Å². The molecule has 0 aliphatic rings. The molecule has 4 N–H and O–H groups in total. The maximum absolute atomic E-state index is 12.7. The van der Waals surface area contributed by atoms with Crippen LogP contribution in [0.5, 0.6) is 5.75 Å². The zero-order valence-electron chi connectivity index (χ0n) is 16.8. The van der Waals surface area contributed by atoms with Crippen molar-refractivity contribution in [2.45, 2.75) is 27.3 Å². The Balaban J connectivity index is 2.20. The van der Waals surface area contributed by atoms with E-state index in [0.29, 0.717) is 11.4 Å². The highest BCUT2D eigenvalue weighted by Crippen LogP contribution is 2.24. The number of rotatable bonds is 6. The van der Waals surface area contributed by atoms with Crippen LogP contribution in [0.15, 0.2) is 36.4 Å². The van der Waals surface area contributed by atoms with Gasteiger partial charge in [0.1, 0.15) is 5.75 Å². The van der Waals surface area contributed by atoms with Gasteiger partial charge in [-0.05, 0) is 35.9 Å². The summed E-state index contributed by atoms with van der Waals surface area (Å²) in [7, 11) is 1.42. The van der Waals surface area contributed by atoms with Gasteiger partial charge in [0.25, 0.3) is 11.8 Å². The summed E-state index contributed by atoms with van der Waals surface area (Å²) >= 11 is 6.18. The number of hydrogen-bond donors (Lipinski definition) is 3. The molecule has 2 aromatic carbocycles. The maximum Gasteiger partial charge on any atom is 0.257 e. The highest BCUT2D eigenvalue weighted by atomic mass is 35.5. The van der Waals surface area contributed by atoms with Gasteiger partial charge in [-0.3, -0.25) is 14.4 Å². The lowest BCUT2D eigenvalue weighted by atomic mass is 9.95. The quantitative estimate of drug-likeness (QED) is 0.669. The van der Waals surface area contributed by atoms with E-state index in [1.807, 2.05) is 20.8 Å². The lowest BCUT2D eigenvalue weighted by Gasteiger charge is -2.18. The number of anilines is 1. The summed E-state index contributed by atoms with van der Waals surface area (Å²) < 4.78 is 5.09. The van der Waals surface area contributed by atoms with E-state index in [0.717, 1.165) is 5.56 Å². The molecule has 2 aromatic rings. The second-order valence-corrected chi connectivity index (χ2v) is 7.89. The van der Waals surface area contributed by atoms with E-state index in [9.17, 15) is 14.4 Å². The fourth-order valence-corrected chi connectivity index (χ4v) is 2.68. The summed E-state index contributed by atoms with van der Waals surface area (Å²) in [4.78, 5) is 36.3. The van der Waals surface area contributed by atoms with Gasteiger partial charge in [-0.25, -0.2) is 0 Å². The smallest absolute Gasteiger partial charge is 0.257 e. The predicted molar refractivity (Wildman–Crippen MR) is 112 cm³/mol. The Labute approximate surface area is 174 Å². The monoisotopic (exact) mass is 417 g/mol. The van der Waals surface area contributed by atoms with Gasteiger partial charge in [-0.2, -0.15) is 0 Å². The third-order valence-corrected chi connectivity index (χ3v) is 4.46. The largest absolute Gasteiger partial charge is 0.496 e. The fraction of sp³-hybridized carbons (Fsp3) is 0.286. The standard InChI is InChI=1S/C21H24ClN3O4/c1-21(2,3)20(28)24-11-12-5-7-16(22)14(9-12)19(27)25-13-6-8-17(29-4)15(10-13)18(23)26/h5-10H,11H2,1-4H3,(H2,23,26)(H,24,28)(H,25,27). The van der Waals surface area contributed by atoms with Gasteiger partial charge >= 0.3 is 0 Å². The molecule has 8 heteroatoms. The van der Waals surface area contributed by atoms with Crippen molar-refractivity contribution in [2.24, 2.45) is 11.1 Å². The summed E-state index contributed by atoms with van der Waals surface area (Å²) in [6, 6.07) is 9.50. The van der Waals surface area contributed by atoms with Crippen LogP contribution in [0.4, 0.5) is 5.69 Å². The first-order chi connectivity index (χ1) is 13.5. The van der Waals surface area contributed by atoms with Gasteiger partial charge in [-0.1, -0.05) is 38.4 Å². The van der Waals surface area contributed by atoms with Crippen LogP contribution < -0.4 is 21.1 Å². The van der Waals surface area contributed by atoms with Crippen LogP contribution in [0.1, 0.15) is 47.1 Å². The zero-order valence-corrected chi connectivity index (χ0v) is 17.5.